The van der Waals surface area contributed by atoms with Gasteiger partial charge in [0.15, 0.2) is 5.65 Å². The predicted octanol–water partition coefficient (Wildman–Crippen LogP) is 1.45. The monoisotopic (exact) mass is 427 g/mol. The van der Waals surface area contributed by atoms with E-state index in [9.17, 15) is 18.8 Å². The highest BCUT2D eigenvalue weighted by atomic mass is 19.1. The van der Waals surface area contributed by atoms with Crippen molar-refractivity contribution in [1.29, 1.82) is 0 Å². The number of halogens is 1. The van der Waals surface area contributed by atoms with Crippen LogP contribution in [0.5, 0.6) is 0 Å². The number of fused-ring (bicyclic) bond motifs is 1. The molecule has 31 heavy (non-hydrogen) atoms. The summed E-state index contributed by atoms with van der Waals surface area (Å²) in [4.78, 5) is 50.5. The lowest BCUT2D eigenvalue weighted by Gasteiger charge is -2.31. The van der Waals surface area contributed by atoms with Gasteiger partial charge in [0.1, 0.15) is 11.2 Å². The highest BCUT2D eigenvalue weighted by Gasteiger charge is 2.28. The molecule has 1 aromatic carbocycles. The van der Waals surface area contributed by atoms with Gasteiger partial charge in [-0.1, -0.05) is 18.2 Å². The van der Waals surface area contributed by atoms with Gasteiger partial charge in [-0.2, -0.15) is 4.98 Å². The largest absolute Gasteiger partial charge is 0.466 e. The van der Waals surface area contributed by atoms with Crippen LogP contribution in [0, 0.1) is 11.7 Å². The zero-order chi connectivity index (χ0) is 22.0. The Labute approximate surface area is 176 Å². The molecular formula is C21H22FN5O4. The Kier molecular flexibility index (Phi) is 5.79. The molecule has 2 aromatic heterocycles. The number of nitrogens with one attached hydrogen (secondary N) is 1. The van der Waals surface area contributed by atoms with E-state index in [0.717, 1.165) is 17.4 Å². The Morgan fingerprint density at radius 2 is 2.13 bits per heavy atom. The number of H-pyrrole nitrogens is 1. The van der Waals surface area contributed by atoms with Crippen molar-refractivity contribution in [3.63, 3.8) is 0 Å². The molecule has 0 radical (unpaired) electrons. The quantitative estimate of drug-likeness (QED) is 0.614. The molecule has 3 aromatic rings. The first-order valence-corrected chi connectivity index (χ1v) is 10.1. The van der Waals surface area contributed by atoms with Crippen LogP contribution in [0.4, 0.5) is 10.3 Å². The molecule has 0 amide bonds. The van der Waals surface area contributed by atoms with E-state index in [0.29, 0.717) is 25.6 Å². The van der Waals surface area contributed by atoms with Gasteiger partial charge in [0.2, 0.25) is 5.95 Å². The molecule has 10 heteroatoms. The second-order valence-electron chi connectivity index (χ2n) is 7.38. The summed E-state index contributed by atoms with van der Waals surface area (Å²) in [7, 11) is 0. The van der Waals surface area contributed by atoms with E-state index in [-0.39, 0.29) is 35.0 Å². The average Bonchev–Trinajstić information content (AvgIpc) is 2.77. The summed E-state index contributed by atoms with van der Waals surface area (Å²) >= 11 is 0. The maximum absolute atomic E-state index is 14.0. The fourth-order valence-electron chi connectivity index (χ4n) is 3.73. The lowest BCUT2D eigenvalue weighted by Crippen LogP contribution is -2.40. The molecule has 0 bridgehead atoms. The Balaban J connectivity index is 1.65. The Morgan fingerprint density at radius 3 is 2.90 bits per heavy atom. The van der Waals surface area contributed by atoms with Crippen LogP contribution in [0.15, 0.2) is 40.1 Å². The zero-order valence-electron chi connectivity index (χ0n) is 17.0. The molecule has 0 spiro atoms. The normalized spacial score (nSPS) is 16.5. The number of hydrogen-bond acceptors (Lipinski definition) is 7. The second-order valence-corrected chi connectivity index (χ2v) is 7.38. The molecule has 9 nitrogen and oxygen atoms in total. The van der Waals surface area contributed by atoms with Crippen LogP contribution in [0.25, 0.3) is 11.0 Å². The van der Waals surface area contributed by atoms with Crippen molar-refractivity contribution in [3.8, 4) is 0 Å². The molecule has 1 atom stereocenters. The van der Waals surface area contributed by atoms with Crippen molar-refractivity contribution >= 4 is 23.0 Å². The number of carbonyl (C=O) groups excluding carboxylic acids is 1. The molecular weight excluding hydrogens is 405 g/mol. The predicted molar refractivity (Wildman–Crippen MR) is 111 cm³/mol. The first-order chi connectivity index (χ1) is 15.0. The van der Waals surface area contributed by atoms with Crippen molar-refractivity contribution in [3.05, 3.63) is 62.7 Å². The lowest BCUT2D eigenvalue weighted by atomic mass is 9.98. The van der Waals surface area contributed by atoms with Crippen molar-refractivity contribution in [2.75, 3.05) is 24.6 Å². The summed E-state index contributed by atoms with van der Waals surface area (Å²) in [6.45, 7) is 2.93. The van der Waals surface area contributed by atoms with Crippen LogP contribution in [-0.4, -0.2) is 45.2 Å². The number of esters is 1. The van der Waals surface area contributed by atoms with E-state index in [1.54, 1.807) is 13.0 Å². The summed E-state index contributed by atoms with van der Waals surface area (Å²) in [5.41, 5.74) is -0.960. The second kappa shape index (κ2) is 8.66. The lowest BCUT2D eigenvalue weighted by molar-refractivity contribution is -0.148. The topological polar surface area (TPSA) is 110 Å². The van der Waals surface area contributed by atoms with Crippen LogP contribution in [-0.2, 0) is 16.1 Å². The maximum atomic E-state index is 14.0. The Bertz CT molecular complexity index is 1240. The molecule has 1 unspecified atom stereocenters. The van der Waals surface area contributed by atoms with E-state index in [1.165, 1.54) is 24.4 Å². The number of rotatable bonds is 5. The van der Waals surface area contributed by atoms with Gasteiger partial charge in [-0.05, 0) is 25.8 Å². The standard InChI is InChI=1S/C21H22FN5O4/c1-2-31-19(29)14-7-5-9-26(11-14)20-23-10-15-17(24-20)25-21(30)27(18(15)28)12-13-6-3-4-8-16(13)22/h3-4,6,8,10,14H,2,5,7,9,11-12H2,1H3,(H,23,24,25,30). The summed E-state index contributed by atoms with van der Waals surface area (Å²) < 4.78 is 20.0. The SMILES string of the molecule is CCOC(=O)C1CCCN(c2ncc3c(=O)n(Cc4ccccc4F)c(=O)[nH]c3n2)C1. The summed E-state index contributed by atoms with van der Waals surface area (Å²) in [5, 5.41) is 0.124. The van der Waals surface area contributed by atoms with Gasteiger partial charge in [0.25, 0.3) is 5.56 Å². The average molecular weight is 427 g/mol. The third-order valence-electron chi connectivity index (χ3n) is 5.33. The van der Waals surface area contributed by atoms with Crippen LogP contribution in [0.3, 0.4) is 0 Å². The van der Waals surface area contributed by atoms with E-state index >= 15 is 0 Å². The summed E-state index contributed by atoms with van der Waals surface area (Å²) in [6, 6.07) is 5.96. The van der Waals surface area contributed by atoms with Crippen molar-refractivity contribution in [2.45, 2.75) is 26.3 Å². The fourth-order valence-corrected chi connectivity index (χ4v) is 3.73. The highest BCUT2D eigenvalue weighted by Crippen LogP contribution is 2.22. The third-order valence-corrected chi connectivity index (χ3v) is 5.33. The van der Waals surface area contributed by atoms with Crippen molar-refractivity contribution < 1.29 is 13.9 Å². The number of ether oxygens (including phenoxy) is 1. The van der Waals surface area contributed by atoms with E-state index in [2.05, 4.69) is 15.0 Å². The Hall–Kier alpha value is -3.56. The smallest absolute Gasteiger partial charge is 0.330 e. The molecule has 3 heterocycles. The fraction of sp³-hybridized carbons (Fsp3) is 0.381. The maximum Gasteiger partial charge on any atom is 0.330 e. The number of piperidine rings is 1. The van der Waals surface area contributed by atoms with Gasteiger partial charge in [-0.15, -0.1) is 0 Å². The zero-order valence-corrected chi connectivity index (χ0v) is 17.0. The number of aromatic amines is 1. The Morgan fingerprint density at radius 1 is 1.32 bits per heavy atom. The molecule has 0 saturated carbocycles. The van der Waals surface area contributed by atoms with E-state index < -0.39 is 17.1 Å². The summed E-state index contributed by atoms with van der Waals surface area (Å²) in [6.07, 6.45) is 2.84. The molecule has 1 fully saturated rings. The van der Waals surface area contributed by atoms with Gasteiger partial charge >= 0.3 is 11.7 Å². The van der Waals surface area contributed by atoms with Gasteiger partial charge in [0, 0.05) is 24.8 Å². The van der Waals surface area contributed by atoms with Crippen molar-refractivity contribution in [2.24, 2.45) is 5.92 Å². The first kappa shape index (κ1) is 20.7. The number of carbonyl (C=O) groups is 1. The number of aromatic nitrogens is 4. The van der Waals surface area contributed by atoms with Gasteiger partial charge < -0.3 is 9.64 Å². The minimum Gasteiger partial charge on any atom is -0.466 e. The van der Waals surface area contributed by atoms with Gasteiger partial charge in [0.05, 0.1) is 19.1 Å². The molecule has 0 aliphatic carbocycles. The molecule has 4 rings (SSSR count). The van der Waals surface area contributed by atoms with Gasteiger partial charge in [-0.25, -0.2) is 14.2 Å². The number of nitrogens with zero attached hydrogens (tertiary/aromatic N) is 4. The minimum atomic E-state index is -0.687. The van der Waals surface area contributed by atoms with Crippen LogP contribution in [0.2, 0.25) is 0 Å². The molecule has 1 saturated heterocycles. The van der Waals surface area contributed by atoms with E-state index in [4.69, 9.17) is 4.74 Å². The van der Waals surface area contributed by atoms with Crippen molar-refractivity contribution in [1.82, 2.24) is 19.5 Å². The van der Waals surface area contributed by atoms with Crippen LogP contribution in [0.1, 0.15) is 25.3 Å². The number of benzene rings is 1. The minimum absolute atomic E-state index is 0.100. The van der Waals surface area contributed by atoms with Crippen LogP contribution < -0.4 is 16.1 Å². The van der Waals surface area contributed by atoms with Crippen LogP contribution >= 0.6 is 0 Å². The summed E-state index contributed by atoms with van der Waals surface area (Å²) in [5.74, 6) is -0.705. The molecule has 1 aliphatic rings. The molecule has 1 aliphatic heterocycles. The number of hydrogen-bond donors (Lipinski definition) is 1. The first-order valence-electron chi connectivity index (χ1n) is 10.1. The van der Waals surface area contributed by atoms with E-state index in [1.807, 2.05) is 4.90 Å². The molecule has 1 N–H and O–H groups in total. The third kappa shape index (κ3) is 4.18. The highest BCUT2D eigenvalue weighted by molar-refractivity contribution is 5.75. The van der Waals surface area contributed by atoms with Gasteiger partial charge in [-0.3, -0.25) is 19.1 Å². The number of anilines is 1. The molecule has 162 valence electrons.